The van der Waals surface area contributed by atoms with E-state index in [4.69, 9.17) is 9.84 Å². The van der Waals surface area contributed by atoms with Crippen LogP contribution in [0.5, 0.6) is 0 Å². The largest absolute Gasteiger partial charge is 0.464 e. The molecule has 1 N–H and O–H groups in total. The molecule has 5 nitrogen and oxygen atoms in total. The number of hydrogen-bond acceptors (Lipinski definition) is 4. The van der Waals surface area contributed by atoms with Crippen LogP contribution in [0, 0.1) is 5.82 Å². The highest BCUT2D eigenvalue weighted by molar-refractivity contribution is 5.84. The summed E-state index contributed by atoms with van der Waals surface area (Å²) in [5, 5.41) is 16.5. The summed E-state index contributed by atoms with van der Waals surface area (Å²) < 4.78 is 20.3. The number of carbonyl (C=O) groups excluding carboxylic acids is 1. The number of benzene rings is 2. The summed E-state index contributed by atoms with van der Waals surface area (Å²) in [5.74, 6) is -0.533. The van der Waals surface area contributed by atoms with Gasteiger partial charge >= 0.3 is 5.97 Å². The van der Waals surface area contributed by atoms with E-state index in [0.717, 1.165) is 28.7 Å². The maximum atomic E-state index is 13.4. The minimum atomic E-state index is -1.37. The Morgan fingerprint density at radius 3 is 2.53 bits per heavy atom. The molecule has 1 aliphatic carbocycles. The van der Waals surface area contributed by atoms with Gasteiger partial charge in [-0.3, -0.25) is 0 Å². The molecule has 0 radical (unpaired) electrons. The van der Waals surface area contributed by atoms with Crippen molar-refractivity contribution in [1.29, 1.82) is 0 Å². The van der Waals surface area contributed by atoms with Crippen LogP contribution in [0.2, 0.25) is 0 Å². The molecule has 1 heterocycles. The van der Waals surface area contributed by atoms with Gasteiger partial charge in [0, 0.05) is 5.39 Å². The van der Waals surface area contributed by atoms with Crippen molar-refractivity contribution in [2.24, 2.45) is 0 Å². The first-order chi connectivity index (χ1) is 14.4. The zero-order valence-electron chi connectivity index (χ0n) is 17.4. The first-order valence-corrected chi connectivity index (χ1v) is 10.6. The molecule has 1 fully saturated rings. The van der Waals surface area contributed by atoms with Gasteiger partial charge in [-0.05, 0) is 80.8 Å². The van der Waals surface area contributed by atoms with E-state index < -0.39 is 11.6 Å². The summed E-state index contributed by atoms with van der Waals surface area (Å²) in [4.78, 5) is 12.1. The molecule has 1 aromatic heterocycles. The van der Waals surface area contributed by atoms with Gasteiger partial charge in [0.1, 0.15) is 5.82 Å². The predicted molar refractivity (Wildman–Crippen MR) is 113 cm³/mol. The van der Waals surface area contributed by atoms with Crippen molar-refractivity contribution >= 4 is 16.9 Å². The number of aliphatic hydroxyl groups is 1. The fraction of sp³-hybridized carbons (Fsp3) is 0.417. The van der Waals surface area contributed by atoms with E-state index in [0.29, 0.717) is 25.7 Å². The SMILES string of the molecule is CCOC(=O)C1(O)CCC(c2ccc3c(CC)nn(-c4ccc(F)cc4)c3c2)CC1. The van der Waals surface area contributed by atoms with Crippen molar-refractivity contribution in [2.75, 3.05) is 6.61 Å². The van der Waals surface area contributed by atoms with Gasteiger partial charge in [-0.25, -0.2) is 13.9 Å². The monoisotopic (exact) mass is 410 g/mol. The van der Waals surface area contributed by atoms with Crippen molar-refractivity contribution in [3.63, 3.8) is 0 Å². The highest BCUT2D eigenvalue weighted by atomic mass is 19.1. The molecular formula is C24H27FN2O3. The number of aromatic nitrogens is 2. The molecule has 4 rings (SSSR count). The van der Waals surface area contributed by atoms with Crippen LogP contribution in [0.15, 0.2) is 42.5 Å². The zero-order chi connectivity index (χ0) is 21.3. The number of fused-ring (bicyclic) bond motifs is 1. The molecule has 1 saturated carbocycles. The Labute approximate surface area is 175 Å². The van der Waals surface area contributed by atoms with E-state index in [1.807, 2.05) is 4.68 Å². The number of nitrogens with zero attached hydrogens (tertiary/aromatic N) is 2. The zero-order valence-corrected chi connectivity index (χ0v) is 17.4. The topological polar surface area (TPSA) is 64.3 Å². The van der Waals surface area contributed by atoms with E-state index >= 15 is 0 Å². The summed E-state index contributed by atoms with van der Waals surface area (Å²) in [7, 11) is 0. The van der Waals surface area contributed by atoms with E-state index in [2.05, 4.69) is 25.1 Å². The van der Waals surface area contributed by atoms with Crippen LogP contribution in [0.1, 0.15) is 56.7 Å². The average Bonchev–Trinajstić information content (AvgIpc) is 3.13. The Kier molecular flexibility index (Phi) is 5.60. The molecule has 0 bridgehead atoms. The highest BCUT2D eigenvalue weighted by Gasteiger charge is 2.41. The number of halogens is 1. The molecule has 0 spiro atoms. The molecule has 6 heteroatoms. The van der Waals surface area contributed by atoms with Crippen molar-refractivity contribution in [3.05, 3.63) is 59.5 Å². The standard InChI is InChI=1S/C24H27FN2O3/c1-3-21-20-10-5-17(16-11-13-24(29,14-12-16)23(28)30-4-2)15-22(20)27(26-21)19-8-6-18(25)7-9-19/h5-10,15-16,29H,3-4,11-14H2,1-2H3. The first kappa shape index (κ1) is 20.5. The van der Waals surface area contributed by atoms with Crippen molar-refractivity contribution < 1.29 is 19.0 Å². The predicted octanol–water partition coefficient (Wildman–Crippen LogP) is 4.68. The molecule has 0 aliphatic heterocycles. The average molecular weight is 410 g/mol. The molecule has 0 unspecified atom stereocenters. The van der Waals surface area contributed by atoms with E-state index in [9.17, 15) is 14.3 Å². The lowest BCUT2D eigenvalue weighted by molar-refractivity contribution is -0.168. The van der Waals surface area contributed by atoms with Crippen LogP contribution in [-0.2, 0) is 16.0 Å². The molecule has 3 aromatic rings. The van der Waals surface area contributed by atoms with E-state index in [1.54, 1.807) is 19.1 Å². The van der Waals surface area contributed by atoms with Gasteiger partial charge in [0.05, 0.1) is 23.5 Å². The second-order valence-electron chi connectivity index (χ2n) is 7.99. The quantitative estimate of drug-likeness (QED) is 0.621. The fourth-order valence-corrected chi connectivity index (χ4v) is 4.39. The van der Waals surface area contributed by atoms with Crippen LogP contribution in [0.25, 0.3) is 16.6 Å². The molecule has 0 saturated heterocycles. The van der Waals surface area contributed by atoms with Crippen LogP contribution in [0.3, 0.4) is 0 Å². The minimum absolute atomic E-state index is 0.255. The normalized spacial score (nSPS) is 21.7. The highest BCUT2D eigenvalue weighted by Crippen LogP contribution is 2.39. The second-order valence-corrected chi connectivity index (χ2v) is 7.99. The van der Waals surface area contributed by atoms with Gasteiger partial charge in [-0.15, -0.1) is 0 Å². The van der Waals surface area contributed by atoms with Gasteiger partial charge in [0.15, 0.2) is 5.60 Å². The van der Waals surface area contributed by atoms with Crippen LogP contribution in [0.4, 0.5) is 4.39 Å². The summed E-state index contributed by atoms with van der Waals surface area (Å²) >= 11 is 0. The Bertz CT molecular complexity index is 1050. The van der Waals surface area contributed by atoms with Gasteiger partial charge < -0.3 is 9.84 Å². The van der Waals surface area contributed by atoms with Gasteiger partial charge in [-0.2, -0.15) is 5.10 Å². The Hall–Kier alpha value is -2.73. The van der Waals surface area contributed by atoms with Crippen LogP contribution >= 0.6 is 0 Å². The van der Waals surface area contributed by atoms with Crippen molar-refractivity contribution in [1.82, 2.24) is 9.78 Å². The lowest BCUT2D eigenvalue weighted by Crippen LogP contribution is -2.43. The molecule has 1 aliphatic rings. The third-order valence-corrected chi connectivity index (χ3v) is 6.13. The molecular weight excluding hydrogens is 383 g/mol. The van der Waals surface area contributed by atoms with E-state index in [-0.39, 0.29) is 18.3 Å². The number of rotatable bonds is 5. The number of ether oxygens (including phenoxy) is 1. The Morgan fingerprint density at radius 1 is 1.20 bits per heavy atom. The second kappa shape index (κ2) is 8.19. The summed E-state index contributed by atoms with van der Waals surface area (Å²) in [6.07, 6.45) is 3.02. The maximum absolute atomic E-state index is 13.4. The van der Waals surface area contributed by atoms with Crippen molar-refractivity contribution in [2.45, 2.75) is 57.5 Å². The molecule has 0 atom stereocenters. The van der Waals surface area contributed by atoms with Gasteiger partial charge in [0.25, 0.3) is 0 Å². The lowest BCUT2D eigenvalue weighted by atomic mass is 9.76. The third kappa shape index (κ3) is 3.72. The van der Waals surface area contributed by atoms with Crippen molar-refractivity contribution in [3.8, 4) is 5.69 Å². The third-order valence-electron chi connectivity index (χ3n) is 6.13. The smallest absolute Gasteiger partial charge is 0.338 e. The summed E-state index contributed by atoms with van der Waals surface area (Å²) in [6, 6.07) is 12.7. The van der Waals surface area contributed by atoms with Crippen LogP contribution < -0.4 is 0 Å². The summed E-state index contributed by atoms with van der Waals surface area (Å²) in [6.45, 7) is 4.09. The summed E-state index contributed by atoms with van der Waals surface area (Å²) in [5.41, 5.74) is 2.60. The first-order valence-electron chi connectivity index (χ1n) is 10.6. The maximum Gasteiger partial charge on any atom is 0.338 e. The van der Waals surface area contributed by atoms with Crippen LogP contribution in [-0.4, -0.2) is 33.1 Å². The van der Waals surface area contributed by atoms with Gasteiger partial charge in [0.2, 0.25) is 0 Å². The van der Waals surface area contributed by atoms with Gasteiger partial charge in [-0.1, -0.05) is 19.1 Å². The number of esters is 1. The molecule has 158 valence electrons. The fourth-order valence-electron chi connectivity index (χ4n) is 4.39. The Morgan fingerprint density at radius 2 is 1.90 bits per heavy atom. The molecule has 2 aromatic carbocycles. The molecule has 0 amide bonds. The Balaban J connectivity index is 1.64. The lowest BCUT2D eigenvalue weighted by Gasteiger charge is -2.34. The number of carbonyl (C=O) groups is 1. The number of hydrogen-bond donors (Lipinski definition) is 1. The minimum Gasteiger partial charge on any atom is -0.464 e. The molecule has 30 heavy (non-hydrogen) atoms. The number of aryl methyl sites for hydroxylation is 1. The van der Waals surface area contributed by atoms with E-state index in [1.165, 1.54) is 17.7 Å².